The van der Waals surface area contributed by atoms with Gasteiger partial charge in [-0.15, -0.1) is 0 Å². The number of halogens is 1. The van der Waals surface area contributed by atoms with Crippen molar-refractivity contribution in [3.63, 3.8) is 0 Å². The fourth-order valence-corrected chi connectivity index (χ4v) is 5.10. The number of anilines is 2. The van der Waals surface area contributed by atoms with Gasteiger partial charge in [0.15, 0.2) is 0 Å². The lowest BCUT2D eigenvalue weighted by atomic mass is 10.2. The second-order valence-corrected chi connectivity index (χ2v) is 7.86. The Labute approximate surface area is 157 Å². The topological polar surface area (TPSA) is 18.8 Å². The highest BCUT2D eigenvalue weighted by Crippen LogP contribution is 2.52. The zero-order valence-corrected chi connectivity index (χ0v) is 15.4. The number of amidine groups is 1. The number of nitrogens with zero attached hydrogens (tertiary/aromatic N) is 3. The molecule has 0 saturated carbocycles. The Morgan fingerprint density at radius 3 is 2.80 bits per heavy atom. The van der Waals surface area contributed by atoms with Crippen LogP contribution in [0.4, 0.5) is 11.4 Å². The van der Waals surface area contributed by atoms with Crippen LogP contribution in [0, 0.1) is 0 Å². The lowest BCUT2D eigenvalue weighted by molar-refractivity contribution is 0.541. The minimum atomic E-state index is 0.811. The Morgan fingerprint density at radius 1 is 1.04 bits per heavy atom. The van der Waals surface area contributed by atoms with Gasteiger partial charge in [-0.2, -0.15) is 0 Å². The van der Waals surface area contributed by atoms with Crippen molar-refractivity contribution < 1.29 is 0 Å². The predicted octanol–water partition coefficient (Wildman–Crippen LogP) is 5.68. The summed E-state index contributed by atoms with van der Waals surface area (Å²) in [5.74, 6) is 2.44. The molecule has 0 fully saturated rings. The van der Waals surface area contributed by atoms with Gasteiger partial charge in [0.1, 0.15) is 11.7 Å². The van der Waals surface area contributed by atoms with Crippen molar-refractivity contribution >= 4 is 40.6 Å². The molecular weight excluding hydrogens is 350 g/mol. The van der Waals surface area contributed by atoms with E-state index in [9.17, 15) is 0 Å². The molecular formula is C20H18ClN3S. The average Bonchev–Trinajstić information content (AvgIpc) is 3.31. The summed E-state index contributed by atoms with van der Waals surface area (Å²) in [6.07, 6.45) is 5.62. The van der Waals surface area contributed by atoms with E-state index in [-0.39, 0.29) is 0 Å². The molecule has 0 spiro atoms. The van der Waals surface area contributed by atoms with Crippen LogP contribution in [0.1, 0.15) is 19.3 Å². The van der Waals surface area contributed by atoms with E-state index in [1.807, 2.05) is 12.1 Å². The summed E-state index contributed by atoms with van der Waals surface area (Å²) >= 11 is 8.30. The quantitative estimate of drug-likeness (QED) is 0.646. The molecule has 3 aliphatic heterocycles. The first kappa shape index (κ1) is 15.4. The second kappa shape index (κ2) is 6.11. The van der Waals surface area contributed by atoms with Crippen molar-refractivity contribution in [3.8, 4) is 0 Å². The molecule has 5 heteroatoms. The van der Waals surface area contributed by atoms with Gasteiger partial charge in [0.25, 0.3) is 0 Å². The summed E-state index contributed by atoms with van der Waals surface area (Å²) < 4.78 is 0. The third kappa shape index (κ3) is 2.47. The van der Waals surface area contributed by atoms with Gasteiger partial charge in [-0.05, 0) is 43.2 Å². The van der Waals surface area contributed by atoms with Crippen LogP contribution in [0.25, 0.3) is 0 Å². The van der Waals surface area contributed by atoms with Gasteiger partial charge in [-0.25, -0.2) is 0 Å². The zero-order valence-electron chi connectivity index (χ0n) is 13.8. The molecule has 0 amide bonds. The Kier molecular flexibility index (Phi) is 3.75. The third-order valence-electron chi connectivity index (χ3n) is 4.85. The highest BCUT2D eigenvalue weighted by molar-refractivity contribution is 7.99. The molecule has 0 bridgehead atoms. The van der Waals surface area contributed by atoms with E-state index in [4.69, 9.17) is 16.6 Å². The number of fused-ring (bicyclic) bond motifs is 2. The van der Waals surface area contributed by atoms with Crippen LogP contribution < -0.4 is 4.90 Å². The summed E-state index contributed by atoms with van der Waals surface area (Å²) in [7, 11) is 0. The molecule has 3 aliphatic rings. The summed E-state index contributed by atoms with van der Waals surface area (Å²) in [4.78, 5) is 11.9. The van der Waals surface area contributed by atoms with Crippen LogP contribution >= 0.6 is 23.4 Å². The van der Waals surface area contributed by atoms with Gasteiger partial charge in [0.2, 0.25) is 0 Å². The number of aliphatic imine (C=N–C) groups is 1. The Morgan fingerprint density at radius 2 is 1.92 bits per heavy atom. The van der Waals surface area contributed by atoms with Crippen LogP contribution in [0.5, 0.6) is 0 Å². The molecule has 25 heavy (non-hydrogen) atoms. The Hall–Kier alpha value is -1.91. The lowest BCUT2D eigenvalue weighted by Crippen LogP contribution is -2.35. The van der Waals surface area contributed by atoms with E-state index in [1.54, 1.807) is 11.8 Å². The van der Waals surface area contributed by atoms with Crippen molar-refractivity contribution in [1.29, 1.82) is 0 Å². The average molecular weight is 368 g/mol. The van der Waals surface area contributed by atoms with Crippen LogP contribution in [-0.2, 0) is 0 Å². The molecule has 126 valence electrons. The van der Waals surface area contributed by atoms with Gasteiger partial charge in [-0.3, -0.25) is 9.89 Å². The highest BCUT2D eigenvalue weighted by atomic mass is 35.5. The summed E-state index contributed by atoms with van der Waals surface area (Å²) in [5.41, 5.74) is 2.38. The van der Waals surface area contributed by atoms with Gasteiger partial charge in [0.05, 0.1) is 21.3 Å². The van der Waals surface area contributed by atoms with Crippen molar-refractivity contribution in [2.45, 2.75) is 29.1 Å². The smallest absolute Gasteiger partial charge is 0.115 e. The highest BCUT2D eigenvalue weighted by Gasteiger charge is 2.33. The standard InChI is InChI=1S/C20H18ClN3S/c21-14-6-3-8-16-20(14)25-17-9-2-1-7-15(17)24(16)19-11-5-13-23(19)18-10-4-12-22-18/h1-3,6-9,11H,4-5,10,12-13H2. The Balaban J connectivity index is 1.67. The SMILES string of the molecule is Clc1cccc2c1Sc1ccccc1N2C1=CCCN1C1=NCCC1. The van der Waals surface area contributed by atoms with Gasteiger partial charge < -0.3 is 4.90 Å². The van der Waals surface area contributed by atoms with Crippen LogP contribution in [0.15, 0.2) is 69.1 Å². The van der Waals surface area contributed by atoms with Crippen LogP contribution in [-0.4, -0.2) is 23.8 Å². The van der Waals surface area contributed by atoms with Crippen molar-refractivity contribution in [1.82, 2.24) is 4.90 Å². The summed E-state index contributed by atoms with van der Waals surface area (Å²) in [6.45, 7) is 1.96. The van der Waals surface area contributed by atoms with E-state index in [0.717, 1.165) is 48.0 Å². The maximum atomic E-state index is 6.54. The van der Waals surface area contributed by atoms with Crippen LogP contribution in [0.2, 0.25) is 5.02 Å². The molecule has 0 unspecified atom stereocenters. The summed E-state index contributed by atoms with van der Waals surface area (Å²) in [6, 6.07) is 14.7. The minimum Gasteiger partial charge on any atom is -0.316 e. The first-order valence-electron chi connectivity index (χ1n) is 8.69. The first-order valence-corrected chi connectivity index (χ1v) is 9.89. The molecule has 0 aliphatic carbocycles. The fourth-order valence-electron chi connectivity index (χ4n) is 3.75. The van der Waals surface area contributed by atoms with Gasteiger partial charge in [0, 0.05) is 24.4 Å². The first-order chi connectivity index (χ1) is 12.3. The number of rotatable bonds is 1. The molecule has 2 aromatic carbocycles. The number of hydrogen-bond acceptors (Lipinski definition) is 4. The second-order valence-electron chi connectivity index (χ2n) is 6.40. The van der Waals surface area contributed by atoms with Gasteiger partial charge >= 0.3 is 0 Å². The molecule has 2 aromatic rings. The van der Waals surface area contributed by atoms with Crippen molar-refractivity contribution in [3.05, 3.63) is 59.4 Å². The predicted molar refractivity (Wildman–Crippen MR) is 105 cm³/mol. The van der Waals surface area contributed by atoms with E-state index >= 15 is 0 Å². The molecule has 3 heterocycles. The number of hydrogen-bond donors (Lipinski definition) is 0. The monoisotopic (exact) mass is 367 g/mol. The molecule has 0 radical (unpaired) electrons. The van der Waals surface area contributed by atoms with E-state index in [0.29, 0.717) is 0 Å². The molecule has 0 atom stereocenters. The molecule has 0 aromatic heterocycles. The minimum absolute atomic E-state index is 0.811. The normalized spacial score (nSPS) is 18.8. The summed E-state index contributed by atoms with van der Waals surface area (Å²) in [5, 5.41) is 0.811. The van der Waals surface area contributed by atoms with Crippen molar-refractivity contribution in [2.75, 3.05) is 18.0 Å². The number of benzene rings is 2. The zero-order chi connectivity index (χ0) is 16.8. The molecule has 5 rings (SSSR count). The van der Waals surface area contributed by atoms with E-state index in [1.165, 1.54) is 22.2 Å². The largest absolute Gasteiger partial charge is 0.316 e. The van der Waals surface area contributed by atoms with Crippen LogP contribution in [0.3, 0.4) is 0 Å². The third-order valence-corrected chi connectivity index (χ3v) is 6.48. The van der Waals surface area contributed by atoms with Gasteiger partial charge in [-0.1, -0.05) is 41.6 Å². The molecule has 3 nitrogen and oxygen atoms in total. The van der Waals surface area contributed by atoms with E-state index in [2.05, 4.69) is 46.2 Å². The number of para-hydroxylation sites is 1. The lowest BCUT2D eigenvalue weighted by Gasteiger charge is -2.37. The molecule has 0 N–H and O–H groups in total. The van der Waals surface area contributed by atoms with E-state index < -0.39 is 0 Å². The van der Waals surface area contributed by atoms with Crippen molar-refractivity contribution in [2.24, 2.45) is 4.99 Å². The Bertz CT molecular complexity index is 906. The maximum Gasteiger partial charge on any atom is 0.115 e. The fraction of sp³-hybridized carbons (Fsp3) is 0.250. The maximum absolute atomic E-state index is 6.54. The molecule has 0 saturated heterocycles.